The van der Waals surface area contributed by atoms with Crippen LogP contribution in [0.1, 0.15) is 25.5 Å². The molecule has 0 radical (unpaired) electrons. The molecular formula is C17H27N3O3. The van der Waals surface area contributed by atoms with Gasteiger partial charge >= 0.3 is 0 Å². The lowest BCUT2D eigenvalue weighted by Crippen LogP contribution is -2.54. The minimum absolute atomic E-state index is 0.0342. The number of phenols is 1. The molecule has 1 amide bonds. The molecule has 2 unspecified atom stereocenters. The van der Waals surface area contributed by atoms with Crippen LogP contribution in [0.3, 0.4) is 0 Å². The molecule has 6 nitrogen and oxygen atoms in total. The van der Waals surface area contributed by atoms with Crippen molar-refractivity contribution in [1.29, 1.82) is 0 Å². The molecule has 2 rings (SSSR count). The molecule has 0 aliphatic carbocycles. The molecule has 1 saturated heterocycles. The van der Waals surface area contributed by atoms with Crippen molar-refractivity contribution in [2.24, 2.45) is 0 Å². The second-order valence-corrected chi connectivity index (χ2v) is 6.09. The highest BCUT2D eigenvalue weighted by Gasteiger charge is 2.33. The average Bonchev–Trinajstić information content (AvgIpc) is 2.52. The molecule has 1 heterocycles. The summed E-state index contributed by atoms with van der Waals surface area (Å²) in [5.41, 5.74) is 0.846. The van der Waals surface area contributed by atoms with Gasteiger partial charge in [-0.1, -0.05) is 6.07 Å². The molecule has 2 atom stereocenters. The number of carbonyl (C=O) groups is 1. The molecule has 0 saturated carbocycles. The van der Waals surface area contributed by atoms with E-state index in [9.17, 15) is 9.90 Å². The van der Waals surface area contributed by atoms with Crippen molar-refractivity contribution in [3.8, 4) is 11.5 Å². The lowest BCUT2D eigenvalue weighted by molar-refractivity contribution is -0.136. The molecule has 23 heavy (non-hydrogen) atoms. The number of ether oxygens (including phenoxy) is 1. The first-order valence-electron chi connectivity index (χ1n) is 8.09. The quantitative estimate of drug-likeness (QED) is 0.853. The number of aromatic hydroxyl groups is 1. The summed E-state index contributed by atoms with van der Waals surface area (Å²) in [4.78, 5) is 16.6. The Balaban J connectivity index is 2.40. The summed E-state index contributed by atoms with van der Waals surface area (Å²) >= 11 is 0. The minimum Gasteiger partial charge on any atom is -0.504 e. The first-order valence-corrected chi connectivity index (χ1v) is 8.09. The molecule has 0 aromatic heterocycles. The summed E-state index contributed by atoms with van der Waals surface area (Å²) < 4.78 is 5.48. The van der Waals surface area contributed by atoms with Crippen molar-refractivity contribution in [3.05, 3.63) is 23.8 Å². The van der Waals surface area contributed by atoms with Crippen LogP contribution >= 0.6 is 0 Å². The number of carbonyl (C=O) groups excluding carboxylic acids is 1. The van der Waals surface area contributed by atoms with Crippen LogP contribution in [-0.4, -0.2) is 67.2 Å². The third kappa shape index (κ3) is 3.95. The van der Waals surface area contributed by atoms with Crippen molar-refractivity contribution < 1.29 is 14.6 Å². The van der Waals surface area contributed by atoms with Crippen molar-refractivity contribution in [3.63, 3.8) is 0 Å². The van der Waals surface area contributed by atoms with Crippen molar-refractivity contribution in [2.45, 2.75) is 25.9 Å². The Bertz CT molecular complexity index is 548. The Morgan fingerprint density at radius 1 is 1.52 bits per heavy atom. The van der Waals surface area contributed by atoms with Gasteiger partial charge in [0.15, 0.2) is 11.5 Å². The minimum atomic E-state index is -0.373. The molecule has 2 N–H and O–H groups in total. The van der Waals surface area contributed by atoms with Crippen LogP contribution < -0.4 is 10.1 Å². The van der Waals surface area contributed by atoms with E-state index >= 15 is 0 Å². The summed E-state index contributed by atoms with van der Waals surface area (Å²) in [7, 11) is 3.54. The SMILES string of the molecule is CCOc1cc(C(C(=O)N(C)C)N2CCNCC2C)ccc1O. The molecule has 1 fully saturated rings. The Hall–Kier alpha value is -1.79. The first kappa shape index (κ1) is 17.6. The smallest absolute Gasteiger partial charge is 0.244 e. The molecule has 0 spiro atoms. The van der Waals surface area contributed by atoms with Gasteiger partial charge in [0, 0.05) is 39.8 Å². The van der Waals surface area contributed by atoms with Crippen molar-refractivity contribution in [2.75, 3.05) is 40.3 Å². The number of benzene rings is 1. The standard InChI is InChI=1S/C17H27N3O3/c1-5-23-15-10-13(6-7-14(15)21)16(17(22)19(3)4)20-9-8-18-11-12(20)2/h6-7,10,12,16,18,21H,5,8-9,11H2,1-4H3. The van der Waals surface area contributed by atoms with Gasteiger partial charge in [-0.05, 0) is 31.5 Å². The van der Waals surface area contributed by atoms with E-state index in [0.717, 1.165) is 25.2 Å². The summed E-state index contributed by atoms with van der Waals surface area (Å²) in [5, 5.41) is 13.3. The zero-order chi connectivity index (χ0) is 17.0. The molecule has 1 aromatic carbocycles. The van der Waals surface area contributed by atoms with Crippen LogP contribution in [0.4, 0.5) is 0 Å². The zero-order valence-corrected chi connectivity index (χ0v) is 14.4. The van der Waals surface area contributed by atoms with Gasteiger partial charge in [-0.25, -0.2) is 0 Å². The van der Waals surface area contributed by atoms with E-state index in [1.807, 2.05) is 6.92 Å². The fourth-order valence-corrected chi connectivity index (χ4v) is 2.93. The van der Waals surface area contributed by atoms with Crippen molar-refractivity contribution in [1.82, 2.24) is 15.1 Å². The van der Waals surface area contributed by atoms with Gasteiger partial charge in [-0.3, -0.25) is 9.69 Å². The Morgan fingerprint density at radius 2 is 2.26 bits per heavy atom. The maximum Gasteiger partial charge on any atom is 0.244 e. The highest BCUT2D eigenvalue weighted by atomic mass is 16.5. The van der Waals surface area contributed by atoms with Crippen LogP contribution in [0.25, 0.3) is 0 Å². The highest BCUT2D eigenvalue weighted by molar-refractivity contribution is 5.83. The summed E-state index contributed by atoms with van der Waals surface area (Å²) in [6.45, 7) is 6.97. The Labute approximate surface area is 138 Å². The van der Waals surface area contributed by atoms with Gasteiger partial charge in [0.25, 0.3) is 0 Å². The predicted octanol–water partition coefficient (Wildman–Crippen LogP) is 1.21. The van der Waals surface area contributed by atoms with E-state index in [4.69, 9.17) is 4.74 Å². The predicted molar refractivity (Wildman–Crippen MR) is 89.7 cm³/mol. The first-order chi connectivity index (χ1) is 11.0. The van der Waals surface area contributed by atoms with Gasteiger partial charge in [0.2, 0.25) is 5.91 Å². The van der Waals surface area contributed by atoms with Gasteiger partial charge in [0.05, 0.1) is 6.61 Å². The molecule has 0 bridgehead atoms. The average molecular weight is 321 g/mol. The third-order valence-electron chi connectivity index (χ3n) is 4.16. The molecule has 6 heteroatoms. The number of amides is 1. The third-order valence-corrected chi connectivity index (χ3v) is 4.16. The van der Waals surface area contributed by atoms with E-state index in [2.05, 4.69) is 17.1 Å². The number of rotatable bonds is 5. The van der Waals surface area contributed by atoms with Gasteiger partial charge in [0.1, 0.15) is 6.04 Å². The van der Waals surface area contributed by atoms with Crippen molar-refractivity contribution >= 4 is 5.91 Å². The van der Waals surface area contributed by atoms with E-state index in [1.54, 1.807) is 37.2 Å². The zero-order valence-electron chi connectivity index (χ0n) is 14.4. The number of phenolic OH excluding ortho intramolecular Hbond substituents is 1. The number of hydrogen-bond acceptors (Lipinski definition) is 5. The summed E-state index contributed by atoms with van der Waals surface area (Å²) in [6, 6.07) is 5.06. The number of piperazine rings is 1. The molecule has 128 valence electrons. The molecule has 1 aromatic rings. The lowest BCUT2D eigenvalue weighted by Gasteiger charge is -2.40. The van der Waals surface area contributed by atoms with E-state index < -0.39 is 0 Å². The Morgan fingerprint density at radius 3 is 2.87 bits per heavy atom. The monoisotopic (exact) mass is 321 g/mol. The van der Waals surface area contributed by atoms with E-state index in [0.29, 0.717) is 12.4 Å². The van der Waals surface area contributed by atoms with Crippen LogP contribution in [-0.2, 0) is 4.79 Å². The number of likely N-dealkylation sites (N-methyl/N-ethyl adjacent to an activating group) is 1. The van der Waals surface area contributed by atoms with Crippen LogP contribution in [0, 0.1) is 0 Å². The van der Waals surface area contributed by atoms with E-state index in [1.165, 1.54) is 0 Å². The highest BCUT2D eigenvalue weighted by Crippen LogP contribution is 2.33. The normalized spacial score (nSPS) is 20.1. The molecule has 1 aliphatic heterocycles. The van der Waals surface area contributed by atoms with Crippen LogP contribution in [0.2, 0.25) is 0 Å². The Kier molecular flexibility index (Phi) is 5.85. The van der Waals surface area contributed by atoms with Gasteiger partial charge in [-0.15, -0.1) is 0 Å². The fraction of sp³-hybridized carbons (Fsp3) is 0.588. The second kappa shape index (κ2) is 7.66. The molecular weight excluding hydrogens is 294 g/mol. The van der Waals surface area contributed by atoms with Crippen LogP contribution in [0.5, 0.6) is 11.5 Å². The number of hydrogen-bond donors (Lipinski definition) is 2. The maximum atomic E-state index is 12.8. The summed E-state index contributed by atoms with van der Waals surface area (Å²) in [6.07, 6.45) is 0. The largest absolute Gasteiger partial charge is 0.504 e. The van der Waals surface area contributed by atoms with Gasteiger partial charge in [-0.2, -0.15) is 0 Å². The fourth-order valence-electron chi connectivity index (χ4n) is 2.93. The topological polar surface area (TPSA) is 65.0 Å². The second-order valence-electron chi connectivity index (χ2n) is 6.09. The number of nitrogens with zero attached hydrogens (tertiary/aromatic N) is 2. The summed E-state index contributed by atoms with van der Waals surface area (Å²) in [5.74, 6) is 0.552. The van der Waals surface area contributed by atoms with Crippen LogP contribution in [0.15, 0.2) is 18.2 Å². The van der Waals surface area contributed by atoms with E-state index in [-0.39, 0.29) is 23.7 Å². The van der Waals surface area contributed by atoms with Gasteiger partial charge < -0.3 is 20.1 Å². The number of nitrogens with one attached hydrogen (secondary N) is 1. The maximum absolute atomic E-state index is 12.8. The lowest BCUT2D eigenvalue weighted by atomic mass is 10.00. The molecule has 1 aliphatic rings.